The molecular weight excluding hydrogens is 252 g/mol. The summed E-state index contributed by atoms with van der Waals surface area (Å²) in [6.07, 6.45) is 11.2. The van der Waals surface area contributed by atoms with Crippen molar-refractivity contribution >= 4 is 11.3 Å². The number of thiazole rings is 1. The van der Waals surface area contributed by atoms with E-state index in [0.717, 1.165) is 17.9 Å². The Bertz CT molecular complexity index is 397. The van der Waals surface area contributed by atoms with Gasteiger partial charge in [0.2, 0.25) is 0 Å². The monoisotopic (exact) mass is 278 g/mol. The number of aryl methyl sites for hydroxylation is 1. The zero-order chi connectivity index (χ0) is 13.1. The van der Waals surface area contributed by atoms with Gasteiger partial charge in [0, 0.05) is 11.4 Å². The zero-order valence-corrected chi connectivity index (χ0v) is 12.8. The van der Waals surface area contributed by atoms with E-state index in [1.807, 2.05) is 0 Å². The molecule has 1 aromatic heterocycles. The lowest BCUT2D eigenvalue weighted by Crippen LogP contribution is -2.30. The molecule has 2 nitrogen and oxygen atoms in total. The summed E-state index contributed by atoms with van der Waals surface area (Å²) in [6, 6.07) is 0.852. The van der Waals surface area contributed by atoms with Crippen LogP contribution in [0.1, 0.15) is 55.6 Å². The fourth-order valence-electron chi connectivity index (χ4n) is 3.37. The average Bonchev–Trinajstić information content (AvgIpc) is 3.16. The highest BCUT2D eigenvalue weighted by atomic mass is 32.1. The van der Waals surface area contributed by atoms with Crippen molar-refractivity contribution in [2.45, 2.75) is 64.3 Å². The Morgan fingerprint density at radius 3 is 2.63 bits per heavy atom. The van der Waals surface area contributed by atoms with Gasteiger partial charge in [0.25, 0.3) is 0 Å². The lowest BCUT2D eigenvalue weighted by molar-refractivity contribution is 0.295. The van der Waals surface area contributed by atoms with Gasteiger partial charge in [-0.25, -0.2) is 4.98 Å². The molecule has 0 aliphatic heterocycles. The van der Waals surface area contributed by atoms with Crippen LogP contribution in [0, 0.1) is 18.8 Å². The van der Waals surface area contributed by atoms with Crippen molar-refractivity contribution in [1.82, 2.24) is 10.3 Å². The van der Waals surface area contributed by atoms with E-state index in [1.165, 1.54) is 68.6 Å². The molecule has 19 heavy (non-hydrogen) atoms. The molecule has 3 rings (SSSR count). The van der Waals surface area contributed by atoms with Crippen LogP contribution in [-0.2, 0) is 6.42 Å². The fourth-order valence-corrected chi connectivity index (χ4v) is 4.00. The van der Waals surface area contributed by atoms with Gasteiger partial charge in [-0.15, -0.1) is 11.3 Å². The summed E-state index contributed by atoms with van der Waals surface area (Å²) in [5, 5.41) is 7.25. The van der Waals surface area contributed by atoms with Crippen LogP contribution < -0.4 is 5.32 Å². The van der Waals surface area contributed by atoms with Crippen LogP contribution in [0.15, 0.2) is 5.38 Å². The minimum absolute atomic E-state index is 0.852. The maximum absolute atomic E-state index is 4.68. The summed E-state index contributed by atoms with van der Waals surface area (Å²) < 4.78 is 0. The molecule has 0 spiro atoms. The molecule has 1 N–H and O–H groups in total. The van der Waals surface area contributed by atoms with Crippen LogP contribution in [-0.4, -0.2) is 17.6 Å². The number of nitrogens with one attached hydrogen (secondary N) is 1. The summed E-state index contributed by atoms with van der Waals surface area (Å²) >= 11 is 1.80. The number of hydrogen-bond donors (Lipinski definition) is 1. The molecule has 1 heterocycles. The van der Waals surface area contributed by atoms with Crippen LogP contribution in [0.4, 0.5) is 0 Å². The van der Waals surface area contributed by atoms with Crippen molar-refractivity contribution in [3.63, 3.8) is 0 Å². The lowest BCUT2D eigenvalue weighted by Gasteiger charge is -2.25. The van der Waals surface area contributed by atoms with Gasteiger partial charge in [-0.1, -0.05) is 19.3 Å². The molecule has 2 aliphatic carbocycles. The van der Waals surface area contributed by atoms with E-state index in [4.69, 9.17) is 0 Å². The Labute approximate surface area is 121 Å². The van der Waals surface area contributed by atoms with E-state index in [0.29, 0.717) is 0 Å². The van der Waals surface area contributed by atoms with E-state index >= 15 is 0 Å². The van der Waals surface area contributed by atoms with Gasteiger partial charge in [0.15, 0.2) is 0 Å². The van der Waals surface area contributed by atoms with Crippen molar-refractivity contribution in [3.8, 4) is 0 Å². The van der Waals surface area contributed by atoms with E-state index in [9.17, 15) is 0 Å². The molecule has 0 saturated heterocycles. The molecule has 106 valence electrons. The summed E-state index contributed by atoms with van der Waals surface area (Å²) in [7, 11) is 0. The Hall–Kier alpha value is -0.410. The van der Waals surface area contributed by atoms with Gasteiger partial charge in [0.1, 0.15) is 0 Å². The predicted molar refractivity (Wildman–Crippen MR) is 81.6 cm³/mol. The molecule has 2 aliphatic rings. The van der Waals surface area contributed by atoms with Crippen LogP contribution in [0.2, 0.25) is 0 Å². The number of aromatic nitrogens is 1. The molecule has 3 heteroatoms. The number of hydrogen-bond acceptors (Lipinski definition) is 3. The van der Waals surface area contributed by atoms with E-state index in [2.05, 4.69) is 22.6 Å². The van der Waals surface area contributed by atoms with Crippen LogP contribution >= 0.6 is 11.3 Å². The van der Waals surface area contributed by atoms with Crippen molar-refractivity contribution < 1.29 is 0 Å². The highest BCUT2D eigenvalue weighted by Crippen LogP contribution is 2.32. The van der Waals surface area contributed by atoms with Gasteiger partial charge in [-0.3, -0.25) is 0 Å². The fraction of sp³-hybridized carbons (Fsp3) is 0.812. The molecule has 2 atom stereocenters. The minimum atomic E-state index is 0.852. The standard InChI is InChI=1S/C16H26N2S/c1-12-18-16(11-19-12)9-13-5-3-2-4-6-14(13)10-17-15-7-8-15/h11,13-15,17H,2-10H2,1H3. The normalized spacial score (nSPS) is 28.3. The topological polar surface area (TPSA) is 24.9 Å². The minimum Gasteiger partial charge on any atom is -0.314 e. The quantitative estimate of drug-likeness (QED) is 0.825. The summed E-state index contributed by atoms with van der Waals surface area (Å²) in [5.74, 6) is 1.74. The lowest BCUT2D eigenvalue weighted by atomic mass is 9.84. The van der Waals surface area contributed by atoms with Gasteiger partial charge >= 0.3 is 0 Å². The zero-order valence-electron chi connectivity index (χ0n) is 12.0. The molecule has 0 radical (unpaired) electrons. The molecule has 2 saturated carbocycles. The van der Waals surface area contributed by atoms with Crippen LogP contribution in [0.25, 0.3) is 0 Å². The van der Waals surface area contributed by atoms with E-state index in [-0.39, 0.29) is 0 Å². The Balaban J connectivity index is 1.59. The third kappa shape index (κ3) is 4.03. The molecule has 0 bridgehead atoms. The first-order valence-corrected chi connectivity index (χ1v) is 8.83. The summed E-state index contributed by atoms with van der Waals surface area (Å²) in [4.78, 5) is 4.68. The summed E-state index contributed by atoms with van der Waals surface area (Å²) in [6.45, 7) is 3.37. The molecule has 1 aromatic rings. The first-order valence-electron chi connectivity index (χ1n) is 7.95. The molecule has 2 unspecified atom stereocenters. The first-order chi connectivity index (χ1) is 9.31. The van der Waals surface area contributed by atoms with Crippen LogP contribution in [0.3, 0.4) is 0 Å². The molecule has 0 amide bonds. The average molecular weight is 278 g/mol. The Kier molecular flexibility index (Phi) is 4.54. The van der Waals surface area contributed by atoms with Crippen molar-refractivity contribution in [3.05, 3.63) is 16.1 Å². The van der Waals surface area contributed by atoms with Gasteiger partial charge in [0.05, 0.1) is 10.7 Å². The van der Waals surface area contributed by atoms with E-state index in [1.54, 1.807) is 11.3 Å². The second-order valence-electron chi connectivity index (χ2n) is 6.40. The van der Waals surface area contributed by atoms with E-state index < -0.39 is 0 Å². The Morgan fingerprint density at radius 2 is 1.95 bits per heavy atom. The number of nitrogens with zero attached hydrogens (tertiary/aromatic N) is 1. The van der Waals surface area contributed by atoms with Crippen molar-refractivity contribution in [2.75, 3.05) is 6.54 Å². The van der Waals surface area contributed by atoms with Gasteiger partial charge < -0.3 is 5.32 Å². The molecule has 2 fully saturated rings. The van der Waals surface area contributed by atoms with Gasteiger partial charge in [-0.05, 0) is 57.4 Å². The van der Waals surface area contributed by atoms with Crippen LogP contribution in [0.5, 0.6) is 0 Å². The third-order valence-corrected chi connectivity index (χ3v) is 5.52. The van der Waals surface area contributed by atoms with Crippen molar-refractivity contribution in [2.24, 2.45) is 11.8 Å². The SMILES string of the molecule is Cc1nc(CC2CCCCCC2CNC2CC2)cs1. The largest absolute Gasteiger partial charge is 0.314 e. The summed E-state index contributed by atoms with van der Waals surface area (Å²) in [5.41, 5.74) is 1.34. The highest BCUT2D eigenvalue weighted by Gasteiger charge is 2.27. The molecular formula is C16H26N2S. The third-order valence-electron chi connectivity index (χ3n) is 4.70. The second kappa shape index (κ2) is 6.36. The highest BCUT2D eigenvalue weighted by molar-refractivity contribution is 7.09. The number of rotatable bonds is 5. The van der Waals surface area contributed by atoms with Crippen molar-refractivity contribution in [1.29, 1.82) is 0 Å². The second-order valence-corrected chi connectivity index (χ2v) is 7.46. The maximum atomic E-state index is 4.68. The molecule has 0 aromatic carbocycles. The first kappa shape index (κ1) is 13.6. The Morgan fingerprint density at radius 1 is 1.16 bits per heavy atom. The van der Waals surface area contributed by atoms with Gasteiger partial charge in [-0.2, -0.15) is 0 Å². The maximum Gasteiger partial charge on any atom is 0.0897 e. The predicted octanol–water partition coefficient (Wildman–Crippen LogP) is 3.94. The smallest absolute Gasteiger partial charge is 0.0897 e.